The number of carbonyl (C=O) groups excluding carboxylic acids is 2. The third kappa shape index (κ3) is 3.31. The maximum atomic E-state index is 13.0. The van der Waals surface area contributed by atoms with E-state index in [1.165, 1.54) is 0 Å². The average molecular weight is 377 g/mol. The summed E-state index contributed by atoms with van der Waals surface area (Å²) in [6, 6.07) is 19.6. The Kier molecular flexibility index (Phi) is 4.94. The molecule has 0 spiro atoms. The first-order valence-electron chi connectivity index (χ1n) is 9.88. The number of hydrogen-bond acceptors (Lipinski definition) is 3. The first-order chi connectivity index (χ1) is 13.5. The Hall–Kier alpha value is -2.66. The minimum absolute atomic E-state index is 0.0726. The van der Waals surface area contributed by atoms with Crippen LogP contribution in [0, 0.1) is 0 Å². The highest BCUT2D eigenvalue weighted by Gasteiger charge is 2.51. The average Bonchev–Trinajstić information content (AvgIpc) is 3.53. The van der Waals surface area contributed by atoms with Gasteiger partial charge in [-0.1, -0.05) is 60.7 Å². The molecule has 5 heteroatoms. The molecule has 5 nitrogen and oxygen atoms in total. The summed E-state index contributed by atoms with van der Waals surface area (Å²) in [4.78, 5) is 29.6. The molecule has 1 aliphatic heterocycles. The van der Waals surface area contributed by atoms with Crippen LogP contribution in [0.15, 0.2) is 60.7 Å². The zero-order chi connectivity index (χ0) is 19.7. The van der Waals surface area contributed by atoms with Crippen molar-refractivity contribution in [3.05, 3.63) is 71.8 Å². The fourth-order valence-corrected chi connectivity index (χ4v) is 4.26. The Bertz CT molecular complexity index is 849. The van der Waals surface area contributed by atoms with Crippen LogP contribution in [0.4, 0.5) is 0 Å². The Balaban J connectivity index is 1.46. The van der Waals surface area contributed by atoms with Crippen LogP contribution >= 0.6 is 0 Å². The fourth-order valence-electron chi connectivity index (χ4n) is 4.26. The van der Waals surface area contributed by atoms with Gasteiger partial charge in [-0.25, -0.2) is 0 Å². The number of piperazine rings is 1. The number of benzene rings is 2. The maximum Gasteiger partial charge on any atom is 0.244 e. The van der Waals surface area contributed by atoms with Crippen LogP contribution in [0.3, 0.4) is 0 Å². The minimum Gasteiger partial charge on any atom is -0.354 e. The summed E-state index contributed by atoms with van der Waals surface area (Å²) >= 11 is 0. The van der Waals surface area contributed by atoms with Gasteiger partial charge in [0.2, 0.25) is 11.8 Å². The Morgan fingerprint density at radius 2 is 1.64 bits per heavy atom. The number of nitrogens with zero attached hydrogens (tertiary/aromatic N) is 2. The van der Waals surface area contributed by atoms with Crippen LogP contribution in [0.1, 0.15) is 30.0 Å². The van der Waals surface area contributed by atoms with Gasteiger partial charge in [0.15, 0.2) is 0 Å². The summed E-state index contributed by atoms with van der Waals surface area (Å²) in [5.74, 6) is 0.196. The molecule has 2 fully saturated rings. The molecule has 0 bridgehead atoms. The van der Waals surface area contributed by atoms with Crippen molar-refractivity contribution >= 4 is 11.8 Å². The fraction of sp³-hybridized carbons (Fsp3) is 0.391. The number of nitrogens with one attached hydrogen (secondary N) is 1. The van der Waals surface area contributed by atoms with Crippen molar-refractivity contribution in [2.24, 2.45) is 0 Å². The van der Waals surface area contributed by atoms with E-state index in [0.717, 1.165) is 24.0 Å². The first-order valence-corrected chi connectivity index (χ1v) is 9.88. The second kappa shape index (κ2) is 7.40. The van der Waals surface area contributed by atoms with Crippen molar-refractivity contribution in [2.45, 2.75) is 30.3 Å². The van der Waals surface area contributed by atoms with E-state index in [0.29, 0.717) is 13.1 Å². The van der Waals surface area contributed by atoms with E-state index in [1.807, 2.05) is 74.8 Å². The molecule has 0 unspecified atom stereocenters. The largest absolute Gasteiger partial charge is 0.354 e. The molecule has 2 atom stereocenters. The molecule has 4 rings (SSSR count). The van der Waals surface area contributed by atoms with Crippen LogP contribution in [0.25, 0.3) is 0 Å². The van der Waals surface area contributed by atoms with E-state index in [1.54, 1.807) is 4.90 Å². The van der Waals surface area contributed by atoms with E-state index in [-0.39, 0.29) is 29.3 Å². The number of rotatable bonds is 5. The third-order valence-electron chi connectivity index (χ3n) is 6.20. The predicted molar refractivity (Wildman–Crippen MR) is 109 cm³/mol. The molecule has 0 aromatic heterocycles. The number of amides is 2. The van der Waals surface area contributed by atoms with E-state index < -0.39 is 0 Å². The van der Waals surface area contributed by atoms with Gasteiger partial charge in [-0.3, -0.25) is 14.5 Å². The molecule has 28 heavy (non-hydrogen) atoms. The van der Waals surface area contributed by atoms with Crippen molar-refractivity contribution in [2.75, 3.05) is 27.2 Å². The molecule has 2 aromatic rings. The maximum absolute atomic E-state index is 13.0. The summed E-state index contributed by atoms with van der Waals surface area (Å²) in [6.45, 7) is 1.14. The Labute approximate surface area is 166 Å². The number of likely N-dealkylation sites (N-methyl/N-ethyl adjacent to an activating group) is 2. The zero-order valence-corrected chi connectivity index (χ0v) is 16.5. The monoisotopic (exact) mass is 377 g/mol. The molecular formula is C23H27N3O2. The van der Waals surface area contributed by atoms with Crippen LogP contribution in [0.2, 0.25) is 0 Å². The summed E-state index contributed by atoms with van der Waals surface area (Å²) in [5, 5.41) is 3.17. The molecule has 1 N–H and O–H groups in total. The zero-order valence-electron chi connectivity index (χ0n) is 16.5. The van der Waals surface area contributed by atoms with Crippen LogP contribution < -0.4 is 5.32 Å². The lowest BCUT2D eigenvalue weighted by atomic mass is 9.94. The van der Waals surface area contributed by atoms with Crippen LogP contribution in [-0.2, 0) is 15.0 Å². The normalized spacial score (nSPS) is 24.1. The highest BCUT2D eigenvalue weighted by atomic mass is 16.2. The second-order valence-electron chi connectivity index (χ2n) is 8.01. The Morgan fingerprint density at radius 1 is 1.04 bits per heavy atom. The smallest absolute Gasteiger partial charge is 0.244 e. The lowest BCUT2D eigenvalue weighted by Crippen LogP contribution is -2.58. The summed E-state index contributed by atoms with van der Waals surface area (Å²) < 4.78 is 0. The van der Waals surface area contributed by atoms with Crippen molar-refractivity contribution < 1.29 is 9.59 Å². The van der Waals surface area contributed by atoms with Crippen LogP contribution in [-0.4, -0.2) is 54.8 Å². The van der Waals surface area contributed by atoms with Gasteiger partial charge in [-0.15, -0.1) is 0 Å². The molecule has 1 saturated carbocycles. The van der Waals surface area contributed by atoms with Gasteiger partial charge < -0.3 is 10.2 Å². The quantitative estimate of drug-likeness (QED) is 0.870. The van der Waals surface area contributed by atoms with Gasteiger partial charge in [0, 0.05) is 26.2 Å². The van der Waals surface area contributed by atoms with E-state index in [4.69, 9.17) is 0 Å². The molecule has 1 heterocycles. The highest BCUT2D eigenvalue weighted by Crippen LogP contribution is 2.48. The van der Waals surface area contributed by atoms with Crippen molar-refractivity contribution in [3.63, 3.8) is 0 Å². The van der Waals surface area contributed by atoms with E-state index >= 15 is 0 Å². The van der Waals surface area contributed by atoms with Gasteiger partial charge >= 0.3 is 0 Å². The van der Waals surface area contributed by atoms with Gasteiger partial charge in [0.1, 0.15) is 6.04 Å². The number of hydrogen-bond donors (Lipinski definition) is 1. The minimum atomic E-state index is -0.366. The van der Waals surface area contributed by atoms with Crippen molar-refractivity contribution in [3.8, 4) is 0 Å². The molecule has 2 amide bonds. The highest BCUT2D eigenvalue weighted by molar-refractivity contribution is 5.91. The second-order valence-corrected chi connectivity index (χ2v) is 8.01. The van der Waals surface area contributed by atoms with E-state index in [9.17, 15) is 9.59 Å². The Morgan fingerprint density at radius 3 is 2.25 bits per heavy atom. The van der Waals surface area contributed by atoms with Crippen LogP contribution in [0.5, 0.6) is 0 Å². The molecule has 146 valence electrons. The topological polar surface area (TPSA) is 52.7 Å². The lowest BCUT2D eigenvalue weighted by Gasteiger charge is -2.43. The third-order valence-corrected chi connectivity index (χ3v) is 6.20. The molecule has 2 aromatic carbocycles. The molecule has 0 radical (unpaired) electrons. The van der Waals surface area contributed by atoms with Gasteiger partial charge in [0.05, 0.1) is 5.41 Å². The first kappa shape index (κ1) is 18.7. The van der Waals surface area contributed by atoms with E-state index in [2.05, 4.69) is 10.2 Å². The SMILES string of the molecule is CN1C[C@@H](CNC(=O)C2(c3ccccc3)CC2)N(C)[C@@H](c2ccccc2)C1=O. The van der Waals surface area contributed by atoms with Crippen molar-refractivity contribution in [1.29, 1.82) is 0 Å². The van der Waals surface area contributed by atoms with Gasteiger partial charge in [-0.2, -0.15) is 0 Å². The number of carbonyl (C=O) groups is 2. The molecule has 1 saturated heterocycles. The van der Waals surface area contributed by atoms with Crippen molar-refractivity contribution in [1.82, 2.24) is 15.1 Å². The summed E-state index contributed by atoms with van der Waals surface area (Å²) in [7, 11) is 3.82. The molecule has 1 aliphatic carbocycles. The lowest BCUT2D eigenvalue weighted by molar-refractivity contribution is -0.142. The standard InChI is InChI=1S/C23H27N3O2/c1-25-16-19(26(2)20(21(25)27)17-9-5-3-6-10-17)15-24-22(28)23(13-14-23)18-11-7-4-8-12-18/h3-12,19-20H,13-16H2,1-2H3,(H,24,28)/t19-,20+/m1/s1. The predicted octanol–water partition coefficient (Wildman–Crippen LogP) is 2.35. The summed E-state index contributed by atoms with van der Waals surface area (Å²) in [6.07, 6.45) is 1.79. The molecule has 2 aliphatic rings. The summed E-state index contributed by atoms with van der Waals surface area (Å²) in [5.41, 5.74) is 1.72. The molecular weight excluding hydrogens is 350 g/mol. The van der Waals surface area contributed by atoms with Gasteiger partial charge in [0.25, 0.3) is 0 Å². The van der Waals surface area contributed by atoms with Gasteiger partial charge in [-0.05, 0) is 31.0 Å².